The van der Waals surface area contributed by atoms with Crippen molar-refractivity contribution in [2.45, 2.75) is 13.0 Å². The average Bonchev–Trinajstić information content (AvgIpc) is 2.62. The molecular weight excluding hydrogens is 294 g/mol. The van der Waals surface area contributed by atoms with E-state index < -0.39 is 0 Å². The number of nitrogens with one attached hydrogen (secondary N) is 1. The molecule has 5 N–H and O–H groups in total. The van der Waals surface area contributed by atoms with Gasteiger partial charge >= 0.3 is 0 Å². The van der Waals surface area contributed by atoms with Crippen LogP contribution in [0.25, 0.3) is 11.1 Å². The van der Waals surface area contributed by atoms with Crippen LogP contribution >= 0.6 is 0 Å². The van der Waals surface area contributed by atoms with Gasteiger partial charge in [-0.15, -0.1) is 0 Å². The first-order valence-electron chi connectivity index (χ1n) is 8.21. The van der Waals surface area contributed by atoms with Crippen LogP contribution < -0.4 is 16.8 Å². The van der Waals surface area contributed by atoms with Gasteiger partial charge in [-0.25, -0.2) is 0 Å². The first-order chi connectivity index (χ1) is 11.7. The first kappa shape index (κ1) is 16.1. The topological polar surface area (TPSA) is 64.1 Å². The summed E-state index contributed by atoms with van der Waals surface area (Å²) in [6, 6.07) is 24.7. The Morgan fingerprint density at radius 3 is 1.62 bits per heavy atom. The van der Waals surface area contributed by atoms with E-state index >= 15 is 0 Å². The molecule has 3 nitrogen and oxygen atoms in total. The molecule has 0 radical (unpaired) electrons. The number of hydrogen-bond donors (Lipinski definition) is 3. The Hall–Kier alpha value is -2.78. The van der Waals surface area contributed by atoms with Crippen molar-refractivity contribution >= 4 is 11.4 Å². The molecule has 0 unspecified atom stereocenters. The minimum atomic E-state index is 0.792. The van der Waals surface area contributed by atoms with Crippen molar-refractivity contribution in [2.24, 2.45) is 0 Å². The minimum Gasteiger partial charge on any atom is -0.399 e. The summed E-state index contributed by atoms with van der Waals surface area (Å²) in [6.45, 7) is 1.82. The maximum atomic E-state index is 5.73. The number of nitrogen functional groups attached to an aromatic ring is 2. The van der Waals surface area contributed by atoms with Crippen LogP contribution in [-0.4, -0.2) is 6.54 Å². The van der Waals surface area contributed by atoms with Gasteiger partial charge < -0.3 is 16.8 Å². The van der Waals surface area contributed by atoms with Gasteiger partial charge in [0.1, 0.15) is 0 Å². The maximum absolute atomic E-state index is 5.73. The Balaban J connectivity index is 1.49. The summed E-state index contributed by atoms with van der Waals surface area (Å²) < 4.78 is 0. The Kier molecular flexibility index (Phi) is 5.14. The van der Waals surface area contributed by atoms with Crippen LogP contribution in [0.3, 0.4) is 0 Å². The zero-order valence-corrected chi connectivity index (χ0v) is 13.7. The van der Waals surface area contributed by atoms with Gasteiger partial charge in [-0.05, 0) is 59.5 Å². The van der Waals surface area contributed by atoms with E-state index in [0.717, 1.165) is 30.9 Å². The van der Waals surface area contributed by atoms with Gasteiger partial charge in [0.05, 0.1) is 0 Å². The average molecular weight is 317 g/mol. The second-order valence-corrected chi connectivity index (χ2v) is 5.99. The summed E-state index contributed by atoms with van der Waals surface area (Å²) in [6.07, 6.45) is 1.00. The van der Waals surface area contributed by atoms with E-state index in [-0.39, 0.29) is 0 Å². The summed E-state index contributed by atoms with van der Waals surface area (Å²) in [4.78, 5) is 0. The molecule has 3 rings (SSSR count). The monoisotopic (exact) mass is 317 g/mol. The minimum absolute atomic E-state index is 0.792. The van der Waals surface area contributed by atoms with Crippen LogP contribution in [-0.2, 0) is 13.0 Å². The maximum Gasteiger partial charge on any atom is 0.0314 e. The summed E-state index contributed by atoms with van der Waals surface area (Å²) in [7, 11) is 0. The normalized spacial score (nSPS) is 10.7. The SMILES string of the molecule is Nc1ccc(CCNCc2ccc(-c3ccc(N)cc3)cc2)cc1. The molecule has 0 saturated carbocycles. The van der Waals surface area contributed by atoms with Crippen molar-refractivity contribution in [3.8, 4) is 11.1 Å². The molecule has 0 saturated heterocycles. The highest BCUT2D eigenvalue weighted by Gasteiger charge is 1.99. The van der Waals surface area contributed by atoms with Crippen LogP contribution in [0.2, 0.25) is 0 Å². The number of hydrogen-bond acceptors (Lipinski definition) is 3. The highest BCUT2D eigenvalue weighted by molar-refractivity contribution is 5.65. The van der Waals surface area contributed by atoms with Crippen LogP contribution in [0.1, 0.15) is 11.1 Å². The van der Waals surface area contributed by atoms with Gasteiger partial charge in [0.2, 0.25) is 0 Å². The molecule has 0 aliphatic carbocycles. The zero-order valence-electron chi connectivity index (χ0n) is 13.7. The quantitative estimate of drug-likeness (QED) is 0.478. The Labute approximate surface area is 143 Å². The molecule has 3 heteroatoms. The molecule has 0 aromatic heterocycles. The fourth-order valence-corrected chi connectivity index (χ4v) is 2.64. The molecule has 0 aliphatic heterocycles. The molecule has 0 aliphatic rings. The van der Waals surface area contributed by atoms with Crippen molar-refractivity contribution in [3.05, 3.63) is 83.9 Å². The van der Waals surface area contributed by atoms with Crippen LogP contribution in [0, 0.1) is 0 Å². The largest absolute Gasteiger partial charge is 0.399 e. The molecule has 0 atom stereocenters. The number of anilines is 2. The Morgan fingerprint density at radius 2 is 1.04 bits per heavy atom. The lowest BCUT2D eigenvalue weighted by atomic mass is 10.0. The lowest BCUT2D eigenvalue weighted by Gasteiger charge is -2.07. The van der Waals surface area contributed by atoms with Gasteiger partial charge in [-0.1, -0.05) is 48.5 Å². The summed E-state index contributed by atoms with van der Waals surface area (Å²) in [5.74, 6) is 0. The predicted molar refractivity (Wildman–Crippen MR) is 103 cm³/mol. The highest BCUT2D eigenvalue weighted by Crippen LogP contribution is 2.20. The standard InChI is InChI=1S/C21H23N3/c22-20-9-3-16(4-10-20)13-14-24-15-17-1-5-18(6-2-17)19-7-11-21(23)12-8-19/h1-12,24H,13-15,22-23H2. The second-order valence-electron chi connectivity index (χ2n) is 5.99. The van der Waals surface area contributed by atoms with Crippen LogP contribution in [0.15, 0.2) is 72.8 Å². The van der Waals surface area contributed by atoms with Crippen molar-refractivity contribution in [3.63, 3.8) is 0 Å². The molecular formula is C21H23N3. The van der Waals surface area contributed by atoms with Crippen molar-refractivity contribution in [1.29, 1.82) is 0 Å². The number of nitrogens with two attached hydrogens (primary N) is 2. The van der Waals surface area contributed by atoms with Crippen LogP contribution in [0.5, 0.6) is 0 Å². The highest BCUT2D eigenvalue weighted by atomic mass is 14.8. The molecule has 122 valence electrons. The molecule has 3 aromatic carbocycles. The van der Waals surface area contributed by atoms with Gasteiger partial charge in [0.25, 0.3) is 0 Å². The Bertz CT molecular complexity index is 760. The zero-order chi connectivity index (χ0) is 16.8. The molecule has 0 bridgehead atoms. The van der Waals surface area contributed by atoms with Gasteiger partial charge in [-0.2, -0.15) is 0 Å². The van der Waals surface area contributed by atoms with Gasteiger partial charge in [0, 0.05) is 17.9 Å². The van der Waals surface area contributed by atoms with Crippen LogP contribution in [0.4, 0.5) is 11.4 Å². The lowest BCUT2D eigenvalue weighted by molar-refractivity contribution is 0.687. The second kappa shape index (κ2) is 7.66. The fraction of sp³-hybridized carbons (Fsp3) is 0.143. The fourth-order valence-electron chi connectivity index (χ4n) is 2.64. The van der Waals surface area contributed by atoms with E-state index in [2.05, 4.69) is 53.8 Å². The summed E-state index contributed by atoms with van der Waals surface area (Å²) in [5.41, 5.74) is 18.0. The first-order valence-corrected chi connectivity index (χ1v) is 8.21. The molecule has 24 heavy (non-hydrogen) atoms. The Morgan fingerprint density at radius 1 is 0.583 bits per heavy atom. The third-order valence-corrected chi connectivity index (χ3v) is 4.10. The van der Waals surface area contributed by atoms with Crippen molar-refractivity contribution < 1.29 is 0 Å². The molecule has 0 spiro atoms. The third kappa shape index (κ3) is 4.37. The van der Waals surface area contributed by atoms with Gasteiger partial charge in [-0.3, -0.25) is 0 Å². The number of rotatable bonds is 6. The smallest absolute Gasteiger partial charge is 0.0314 e. The molecule has 0 amide bonds. The van der Waals surface area contributed by atoms with E-state index in [4.69, 9.17) is 11.5 Å². The molecule has 0 fully saturated rings. The van der Waals surface area contributed by atoms with E-state index in [9.17, 15) is 0 Å². The van der Waals surface area contributed by atoms with Gasteiger partial charge in [0.15, 0.2) is 0 Å². The van der Waals surface area contributed by atoms with E-state index in [0.29, 0.717) is 0 Å². The van der Waals surface area contributed by atoms with E-state index in [1.165, 1.54) is 22.3 Å². The lowest BCUT2D eigenvalue weighted by Crippen LogP contribution is -2.16. The molecule has 3 aromatic rings. The van der Waals surface area contributed by atoms with E-state index in [1.807, 2.05) is 24.3 Å². The number of benzene rings is 3. The summed E-state index contributed by atoms with van der Waals surface area (Å²) >= 11 is 0. The molecule has 0 heterocycles. The van der Waals surface area contributed by atoms with E-state index in [1.54, 1.807) is 0 Å². The van der Waals surface area contributed by atoms with Crippen molar-refractivity contribution in [1.82, 2.24) is 5.32 Å². The summed E-state index contributed by atoms with van der Waals surface area (Å²) in [5, 5.41) is 3.48. The predicted octanol–water partition coefficient (Wildman–Crippen LogP) is 3.85. The van der Waals surface area contributed by atoms with Crippen molar-refractivity contribution in [2.75, 3.05) is 18.0 Å². The third-order valence-electron chi connectivity index (χ3n) is 4.10.